The van der Waals surface area contributed by atoms with Gasteiger partial charge in [-0.3, -0.25) is 9.59 Å². The maximum atomic E-state index is 13.1. The number of nitrogens with one attached hydrogen (secondary N) is 2. The summed E-state index contributed by atoms with van der Waals surface area (Å²) in [6, 6.07) is 4.89. The predicted molar refractivity (Wildman–Crippen MR) is 95.6 cm³/mol. The highest BCUT2D eigenvalue weighted by Gasteiger charge is 2.34. The van der Waals surface area contributed by atoms with E-state index in [4.69, 9.17) is 0 Å². The summed E-state index contributed by atoms with van der Waals surface area (Å²) < 4.78 is 49.9. The van der Waals surface area contributed by atoms with Gasteiger partial charge < -0.3 is 20.4 Å². The van der Waals surface area contributed by atoms with E-state index in [1.165, 1.54) is 23.1 Å². The summed E-state index contributed by atoms with van der Waals surface area (Å²) in [5.74, 6) is -1.92. The van der Waals surface area contributed by atoms with Crippen LogP contribution in [0, 0.1) is 5.82 Å². The van der Waals surface area contributed by atoms with Gasteiger partial charge in [0.25, 0.3) is 5.91 Å². The fraction of sp³-hybridized carbons (Fsp3) is 0.500. The molecule has 4 amide bonds. The van der Waals surface area contributed by atoms with Gasteiger partial charge in [-0.2, -0.15) is 13.2 Å². The Kier molecular flexibility index (Phi) is 7.80. The first kappa shape index (κ1) is 22.4. The number of carbonyl (C=O) groups is 3. The lowest BCUT2D eigenvalue weighted by atomic mass is 10.2. The number of carbonyl (C=O) groups excluding carboxylic acids is 3. The Morgan fingerprint density at radius 1 is 0.966 bits per heavy atom. The summed E-state index contributed by atoms with van der Waals surface area (Å²) >= 11 is 0. The van der Waals surface area contributed by atoms with E-state index in [0.717, 1.165) is 11.0 Å². The maximum absolute atomic E-state index is 13.1. The van der Waals surface area contributed by atoms with Crippen molar-refractivity contribution in [1.82, 2.24) is 20.4 Å². The average molecular weight is 418 g/mol. The summed E-state index contributed by atoms with van der Waals surface area (Å²) in [6.07, 6.45) is -5.60. The van der Waals surface area contributed by atoms with Crippen molar-refractivity contribution in [2.24, 2.45) is 0 Å². The van der Waals surface area contributed by atoms with Crippen LogP contribution in [0.2, 0.25) is 0 Å². The van der Waals surface area contributed by atoms with E-state index in [2.05, 4.69) is 10.6 Å². The van der Waals surface area contributed by atoms with Crippen LogP contribution in [0.3, 0.4) is 0 Å². The number of urea groups is 1. The summed E-state index contributed by atoms with van der Waals surface area (Å²) in [6.45, 7) is 0.931. The minimum Gasteiger partial charge on any atom is -0.352 e. The van der Waals surface area contributed by atoms with Gasteiger partial charge in [0, 0.05) is 44.8 Å². The van der Waals surface area contributed by atoms with E-state index in [1.54, 1.807) is 0 Å². The van der Waals surface area contributed by atoms with Crippen molar-refractivity contribution in [2.45, 2.75) is 19.0 Å². The molecule has 0 aromatic heterocycles. The highest BCUT2D eigenvalue weighted by Crippen LogP contribution is 2.21. The summed E-state index contributed by atoms with van der Waals surface area (Å²) in [5.41, 5.74) is 0.201. The van der Waals surface area contributed by atoms with Crippen LogP contribution in [0.1, 0.15) is 23.2 Å². The second kappa shape index (κ2) is 10.1. The van der Waals surface area contributed by atoms with Gasteiger partial charge in [0.15, 0.2) is 0 Å². The van der Waals surface area contributed by atoms with Gasteiger partial charge in [0.1, 0.15) is 12.2 Å². The molecule has 160 valence electrons. The van der Waals surface area contributed by atoms with E-state index in [1.807, 2.05) is 0 Å². The van der Waals surface area contributed by atoms with Gasteiger partial charge in [0.05, 0.1) is 0 Å². The summed E-state index contributed by atoms with van der Waals surface area (Å²) in [7, 11) is 0. The van der Waals surface area contributed by atoms with Crippen molar-refractivity contribution in [1.29, 1.82) is 0 Å². The molecule has 1 saturated heterocycles. The van der Waals surface area contributed by atoms with Crippen molar-refractivity contribution < 1.29 is 31.9 Å². The van der Waals surface area contributed by atoms with E-state index >= 15 is 0 Å². The molecule has 0 radical (unpaired) electrons. The molecule has 0 aliphatic carbocycles. The predicted octanol–water partition coefficient (Wildman–Crippen LogP) is 1.75. The van der Waals surface area contributed by atoms with E-state index in [9.17, 15) is 31.9 Å². The molecule has 7 nitrogen and oxygen atoms in total. The van der Waals surface area contributed by atoms with E-state index < -0.39 is 30.2 Å². The second-order valence-electron chi connectivity index (χ2n) is 6.51. The largest absolute Gasteiger partial charge is 0.397 e. The van der Waals surface area contributed by atoms with Crippen LogP contribution in [-0.4, -0.2) is 73.1 Å². The minimum absolute atomic E-state index is 0.0476. The third kappa shape index (κ3) is 7.59. The molecule has 0 bridgehead atoms. The molecular weight excluding hydrogens is 396 g/mol. The van der Waals surface area contributed by atoms with E-state index in [-0.39, 0.29) is 50.9 Å². The molecule has 29 heavy (non-hydrogen) atoms. The molecule has 1 fully saturated rings. The Bertz CT molecular complexity index is 734. The van der Waals surface area contributed by atoms with Gasteiger partial charge in [-0.15, -0.1) is 0 Å². The Morgan fingerprint density at radius 3 is 2.21 bits per heavy atom. The van der Waals surface area contributed by atoms with Crippen LogP contribution in [0.15, 0.2) is 24.3 Å². The van der Waals surface area contributed by atoms with Gasteiger partial charge in [-0.25, -0.2) is 9.18 Å². The van der Waals surface area contributed by atoms with Gasteiger partial charge in [0.2, 0.25) is 5.91 Å². The molecule has 2 N–H and O–H groups in total. The topological polar surface area (TPSA) is 81.8 Å². The summed E-state index contributed by atoms with van der Waals surface area (Å²) in [5, 5.41) is 5.26. The second-order valence-corrected chi connectivity index (χ2v) is 6.51. The first-order valence-corrected chi connectivity index (χ1v) is 9.07. The van der Waals surface area contributed by atoms with Crippen molar-refractivity contribution in [2.75, 3.05) is 39.3 Å². The minimum atomic E-state index is -4.55. The number of hydrogen-bond donors (Lipinski definition) is 2. The molecular formula is C18H22F4N4O3. The molecule has 11 heteroatoms. The molecule has 2 rings (SSSR count). The maximum Gasteiger partial charge on any atom is 0.397 e. The lowest BCUT2D eigenvalue weighted by Crippen LogP contribution is -2.53. The zero-order valence-electron chi connectivity index (χ0n) is 15.6. The number of benzene rings is 1. The van der Waals surface area contributed by atoms with Crippen molar-refractivity contribution in [3.63, 3.8) is 0 Å². The number of halogens is 4. The number of alkyl halides is 3. The van der Waals surface area contributed by atoms with Crippen molar-refractivity contribution in [3.05, 3.63) is 35.6 Å². The number of amides is 4. The Labute approximate surface area is 165 Å². The molecule has 1 aromatic rings. The molecule has 0 unspecified atom stereocenters. The monoisotopic (exact) mass is 418 g/mol. The van der Waals surface area contributed by atoms with Gasteiger partial charge in [-0.05, 0) is 24.6 Å². The van der Waals surface area contributed by atoms with E-state index in [0.29, 0.717) is 6.42 Å². The van der Waals surface area contributed by atoms with Crippen molar-refractivity contribution in [3.8, 4) is 0 Å². The quantitative estimate of drug-likeness (QED) is 0.546. The zero-order valence-corrected chi connectivity index (χ0v) is 15.6. The molecule has 1 heterocycles. The van der Waals surface area contributed by atoms with Crippen molar-refractivity contribution >= 4 is 17.8 Å². The SMILES string of the molecule is O=C(NCCCNC(=O)N1CCN(C(=O)CC(F)(F)F)CC1)c1cccc(F)c1. The number of hydrogen-bond acceptors (Lipinski definition) is 3. The fourth-order valence-electron chi connectivity index (χ4n) is 2.77. The third-order valence-electron chi connectivity index (χ3n) is 4.27. The molecule has 0 spiro atoms. The zero-order chi connectivity index (χ0) is 21.4. The van der Waals surface area contributed by atoms with Crippen LogP contribution >= 0.6 is 0 Å². The number of piperazine rings is 1. The lowest BCUT2D eigenvalue weighted by Gasteiger charge is -2.34. The molecule has 1 aromatic carbocycles. The van der Waals surface area contributed by atoms with Crippen LogP contribution < -0.4 is 10.6 Å². The van der Waals surface area contributed by atoms with Crippen LogP contribution in [0.5, 0.6) is 0 Å². The van der Waals surface area contributed by atoms with Crippen LogP contribution in [0.4, 0.5) is 22.4 Å². The number of nitrogens with zero attached hydrogens (tertiary/aromatic N) is 2. The Hall–Kier alpha value is -2.85. The average Bonchev–Trinajstić information content (AvgIpc) is 2.66. The smallest absolute Gasteiger partial charge is 0.352 e. The third-order valence-corrected chi connectivity index (χ3v) is 4.27. The highest BCUT2D eigenvalue weighted by molar-refractivity contribution is 5.94. The molecule has 1 aliphatic heterocycles. The fourth-order valence-corrected chi connectivity index (χ4v) is 2.77. The van der Waals surface area contributed by atoms with Gasteiger partial charge >= 0.3 is 12.2 Å². The highest BCUT2D eigenvalue weighted by atomic mass is 19.4. The Balaban J connectivity index is 1.61. The van der Waals surface area contributed by atoms with Crippen LogP contribution in [-0.2, 0) is 4.79 Å². The standard InChI is InChI=1S/C18H22F4N4O3/c19-14-4-1-3-13(11-14)16(28)23-5-2-6-24-17(29)26-9-7-25(8-10-26)15(27)12-18(20,21)22/h1,3-4,11H,2,5-10,12H2,(H,23,28)(H,24,29). The molecule has 1 aliphatic rings. The normalized spacial score (nSPS) is 14.5. The van der Waals surface area contributed by atoms with Gasteiger partial charge in [-0.1, -0.05) is 6.07 Å². The lowest BCUT2D eigenvalue weighted by molar-refractivity contribution is -0.162. The van der Waals surface area contributed by atoms with Crippen LogP contribution in [0.25, 0.3) is 0 Å². The summed E-state index contributed by atoms with van der Waals surface area (Å²) in [4.78, 5) is 38.0. The number of rotatable bonds is 6. The molecule has 0 saturated carbocycles. The first-order valence-electron chi connectivity index (χ1n) is 9.07. The molecule has 0 atom stereocenters. The first-order chi connectivity index (χ1) is 13.7. The Morgan fingerprint density at radius 2 is 1.59 bits per heavy atom.